The van der Waals surface area contributed by atoms with E-state index in [0.717, 1.165) is 18.9 Å². The lowest BCUT2D eigenvalue weighted by molar-refractivity contribution is 0.0699. The van der Waals surface area contributed by atoms with Gasteiger partial charge < -0.3 is 5.11 Å². The van der Waals surface area contributed by atoms with E-state index in [0.29, 0.717) is 0 Å². The molecule has 0 bridgehead atoms. The van der Waals surface area contributed by atoms with Crippen LogP contribution in [-0.2, 0) is 0 Å². The van der Waals surface area contributed by atoms with Crippen LogP contribution in [0.25, 0.3) is 0 Å². The monoisotopic (exact) mass is 228 g/mol. The maximum atomic E-state index is 13.3. The van der Waals surface area contributed by atoms with Crippen molar-refractivity contribution in [2.75, 3.05) is 0 Å². The minimum absolute atomic E-state index is 0.00702. The predicted molar refractivity (Wildman–Crippen MR) is 54.5 cm³/mol. The molecule has 80 valence electrons. The number of hydrogen-bond acceptors (Lipinski definition) is 2. The lowest BCUT2D eigenvalue weighted by Crippen LogP contribution is -2.23. The van der Waals surface area contributed by atoms with Gasteiger partial charge in [-0.1, -0.05) is 11.6 Å². The SMILES string of the molecule is O=C(c1ccc(Cl)cc1F)C(O)C1CC1. The molecule has 15 heavy (non-hydrogen) atoms. The molecule has 1 aliphatic carbocycles. The maximum absolute atomic E-state index is 13.3. The van der Waals surface area contributed by atoms with E-state index in [-0.39, 0.29) is 16.5 Å². The second kappa shape index (κ2) is 3.91. The minimum atomic E-state index is -1.07. The third-order valence-electron chi connectivity index (χ3n) is 2.53. The van der Waals surface area contributed by atoms with Crippen LogP contribution >= 0.6 is 11.6 Å². The van der Waals surface area contributed by atoms with E-state index in [9.17, 15) is 14.3 Å². The molecule has 0 saturated heterocycles. The molecule has 2 rings (SSSR count). The van der Waals surface area contributed by atoms with E-state index >= 15 is 0 Å². The summed E-state index contributed by atoms with van der Waals surface area (Å²) in [7, 11) is 0. The second-order valence-electron chi connectivity index (χ2n) is 3.77. The van der Waals surface area contributed by atoms with Gasteiger partial charge in [-0.05, 0) is 37.0 Å². The van der Waals surface area contributed by atoms with Gasteiger partial charge in [-0.15, -0.1) is 0 Å². The van der Waals surface area contributed by atoms with E-state index in [1.165, 1.54) is 12.1 Å². The molecule has 0 amide bonds. The topological polar surface area (TPSA) is 37.3 Å². The molecule has 1 N–H and O–H groups in total. The third kappa shape index (κ3) is 2.19. The van der Waals surface area contributed by atoms with Crippen molar-refractivity contribution in [3.05, 3.63) is 34.6 Å². The van der Waals surface area contributed by atoms with Gasteiger partial charge in [0.2, 0.25) is 0 Å². The van der Waals surface area contributed by atoms with Crippen molar-refractivity contribution in [1.29, 1.82) is 0 Å². The maximum Gasteiger partial charge on any atom is 0.194 e. The highest BCUT2D eigenvalue weighted by Gasteiger charge is 2.35. The molecule has 2 nitrogen and oxygen atoms in total. The minimum Gasteiger partial charge on any atom is -0.385 e. The highest BCUT2D eigenvalue weighted by atomic mass is 35.5. The normalized spacial score (nSPS) is 17.5. The van der Waals surface area contributed by atoms with Crippen LogP contribution in [0.4, 0.5) is 4.39 Å². The predicted octanol–water partition coefficient (Wildman–Crippen LogP) is 2.43. The molecular weight excluding hydrogens is 219 g/mol. The number of Topliss-reactive ketones (excluding diaryl/α,β-unsaturated/α-hetero) is 1. The van der Waals surface area contributed by atoms with Gasteiger partial charge in [0, 0.05) is 5.02 Å². The van der Waals surface area contributed by atoms with Gasteiger partial charge in [-0.3, -0.25) is 4.79 Å². The number of halogens is 2. The smallest absolute Gasteiger partial charge is 0.194 e. The largest absolute Gasteiger partial charge is 0.385 e. The first-order chi connectivity index (χ1) is 7.09. The first kappa shape index (κ1) is 10.6. The first-order valence-electron chi connectivity index (χ1n) is 4.77. The van der Waals surface area contributed by atoms with Crippen LogP contribution in [0.3, 0.4) is 0 Å². The number of rotatable bonds is 3. The van der Waals surface area contributed by atoms with Gasteiger partial charge in [0.05, 0.1) is 5.56 Å². The van der Waals surface area contributed by atoms with Crippen LogP contribution in [0.2, 0.25) is 5.02 Å². The highest BCUT2D eigenvalue weighted by Crippen LogP contribution is 2.34. The van der Waals surface area contributed by atoms with Crippen molar-refractivity contribution in [3.8, 4) is 0 Å². The molecule has 0 aromatic heterocycles. The molecule has 4 heteroatoms. The van der Waals surface area contributed by atoms with E-state index in [2.05, 4.69) is 0 Å². The molecule has 0 radical (unpaired) electrons. The summed E-state index contributed by atoms with van der Waals surface area (Å²) in [5, 5.41) is 9.80. The fourth-order valence-corrected chi connectivity index (χ4v) is 1.63. The number of benzene rings is 1. The first-order valence-corrected chi connectivity index (χ1v) is 5.14. The van der Waals surface area contributed by atoms with Crippen molar-refractivity contribution < 1.29 is 14.3 Å². The lowest BCUT2D eigenvalue weighted by Gasteiger charge is -2.08. The number of hydrogen-bond donors (Lipinski definition) is 1. The summed E-state index contributed by atoms with van der Waals surface area (Å²) in [5.74, 6) is -1.22. The van der Waals surface area contributed by atoms with Gasteiger partial charge in [-0.25, -0.2) is 4.39 Å². The molecule has 1 unspecified atom stereocenters. The zero-order chi connectivity index (χ0) is 11.0. The Kier molecular flexibility index (Phi) is 2.76. The average molecular weight is 229 g/mol. The van der Waals surface area contributed by atoms with Crippen molar-refractivity contribution >= 4 is 17.4 Å². The standard InChI is InChI=1S/C11H10ClFO2/c12-7-3-4-8(9(13)5-7)11(15)10(14)6-1-2-6/h3-6,10,14H,1-2H2. The van der Waals surface area contributed by atoms with Crippen molar-refractivity contribution in [2.45, 2.75) is 18.9 Å². The van der Waals surface area contributed by atoms with Crippen LogP contribution in [0.5, 0.6) is 0 Å². The van der Waals surface area contributed by atoms with E-state index in [1.54, 1.807) is 0 Å². The van der Waals surface area contributed by atoms with Crippen molar-refractivity contribution in [2.24, 2.45) is 5.92 Å². The second-order valence-corrected chi connectivity index (χ2v) is 4.21. The average Bonchev–Trinajstić information content (AvgIpc) is 2.99. The Morgan fingerprint density at radius 3 is 2.73 bits per heavy atom. The van der Waals surface area contributed by atoms with Crippen LogP contribution in [0.15, 0.2) is 18.2 Å². The zero-order valence-corrected chi connectivity index (χ0v) is 8.67. The van der Waals surface area contributed by atoms with Crippen molar-refractivity contribution in [3.63, 3.8) is 0 Å². The van der Waals surface area contributed by atoms with E-state index < -0.39 is 17.7 Å². The fraction of sp³-hybridized carbons (Fsp3) is 0.364. The summed E-state index contributed by atoms with van der Waals surface area (Å²) in [6.45, 7) is 0. The molecule has 0 aliphatic heterocycles. The summed E-state index contributed by atoms with van der Waals surface area (Å²) >= 11 is 5.56. The Morgan fingerprint density at radius 2 is 2.20 bits per heavy atom. The Labute approximate surface area is 91.7 Å². The van der Waals surface area contributed by atoms with Gasteiger partial charge in [0.15, 0.2) is 5.78 Å². The number of aliphatic hydroxyl groups excluding tert-OH is 1. The number of carbonyl (C=O) groups excluding carboxylic acids is 1. The molecule has 1 aliphatic rings. The number of aliphatic hydroxyl groups is 1. The highest BCUT2D eigenvalue weighted by molar-refractivity contribution is 6.30. The van der Waals surface area contributed by atoms with Crippen LogP contribution < -0.4 is 0 Å². The summed E-state index contributed by atoms with van der Waals surface area (Å²) < 4.78 is 13.3. The van der Waals surface area contributed by atoms with Gasteiger partial charge in [0.25, 0.3) is 0 Å². The Morgan fingerprint density at radius 1 is 1.53 bits per heavy atom. The molecular formula is C11H10ClFO2. The van der Waals surface area contributed by atoms with Crippen LogP contribution in [0, 0.1) is 11.7 Å². The molecule has 0 spiro atoms. The van der Waals surface area contributed by atoms with Crippen LogP contribution in [-0.4, -0.2) is 17.0 Å². The number of carbonyl (C=O) groups is 1. The summed E-state index contributed by atoms with van der Waals surface area (Å²) in [4.78, 5) is 11.6. The summed E-state index contributed by atoms with van der Waals surface area (Å²) in [6.07, 6.45) is 0.602. The van der Waals surface area contributed by atoms with Crippen LogP contribution in [0.1, 0.15) is 23.2 Å². The van der Waals surface area contributed by atoms with E-state index in [4.69, 9.17) is 11.6 Å². The van der Waals surface area contributed by atoms with Gasteiger partial charge >= 0.3 is 0 Å². The summed E-state index contributed by atoms with van der Waals surface area (Å²) in [6, 6.07) is 3.83. The summed E-state index contributed by atoms with van der Waals surface area (Å²) in [5.41, 5.74) is -0.0844. The molecule has 0 heterocycles. The molecule has 1 atom stereocenters. The lowest BCUT2D eigenvalue weighted by atomic mass is 10.0. The molecule has 1 saturated carbocycles. The zero-order valence-electron chi connectivity index (χ0n) is 7.91. The molecule has 1 fully saturated rings. The fourth-order valence-electron chi connectivity index (χ4n) is 1.47. The molecule has 1 aromatic carbocycles. The Balaban J connectivity index is 2.24. The third-order valence-corrected chi connectivity index (χ3v) is 2.77. The quantitative estimate of drug-likeness (QED) is 0.807. The van der Waals surface area contributed by atoms with Crippen molar-refractivity contribution in [1.82, 2.24) is 0 Å². The van der Waals surface area contributed by atoms with Gasteiger partial charge in [-0.2, -0.15) is 0 Å². The van der Waals surface area contributed by atoms with Gasteiger partial charge in [0.1, 0.15) is 11.9 Å². The number of ketones is 1. The Bertz CT molecular complexity index is 402. The van der Waals surface area contributed by atoms with E-state index in [1.807, 2.05) is 0 Å². The molecule has 1 aromatic rings. The Hall–Kier alpha value is -0.930.